The van der Waals surface area contributed by atoms with E-state index in [1.807, 2.05) is 30.3 Å². The van der Waals surface area contributed by atoms with Crippen LogP contribution in [0.5, 0.6) is 0 Å². The summed E-state index contributed by atoms with van der Waals surface area (Å²) in [5.74, 6) is 1.46. The molecule has 1 aliphatic heterocycles. The minimum Gasteiger partial charge on any atom is -0.392 e. The molecule has 0 saturated carbocycles. The monoisotopic (exact) mass is 433 g/mol. The molecule has 2 aromatic carbocycles. The van der Waals surface area contributed by atoms with Gasteiger partial charge in [-0.2, -0.15) is 0 Å². The number of nitrogens with one attached hydrogen (secondary N) is 1. The van der Waals surface area contributed by atoms with Gasteiger partial charge >= 0.3 is 0 Å². The van der Waals surface area contributed by atoms with E-state index < -0.39 is 0 Å². The van der Waals surface area contributed by atoms with Crippen LogP contribution in [-0.2, 0) is 12.8 Å². The van der Waals surface area contributed by atoms with Crippen molar-refractivity contribution in [2.45, 2.75) is 31.9 Å². The number of aliphatic hydroxyl groups excluding tert-OH is 1. The Bertz CT molecular complexity index is 1080. The fourth-order valence-corrected chi connectivity index (χ4v) is 4.76. The van der Waals surface area contributed by atoms with Crippen molar-refractivity contribution in [2.75, 3.05) is 36.4 Å². The quantitative estimate of drug-likeness (QED) is 0.640. The van der Waals surface area contributed by atoms with Gasteiger partial charge in [0.2, 0.25) is 0 Å². The van der Waals surface area contributed by atoms with Gasteiger partial charge in [0.05, 0.1) is 6.10 Å². The number of hydrogen-bond donors (Lipinski definition) is 2. The van der Waals surface area contributed by atoms with Gasteiger partial charge < -0.3 is 15.3 Å². The Labute approximate surface area is 187 Å². The molecular weight excluding hydrogens is 405 g/mol. The summed E-state index contributed by atoms with van der Waals surface area (Å²) < 4.78 is 13.2. The topological polar surface area (TPSA) is 64.5 Å². The van der Waals surface area contributed by atoms with Crippen LogP contribution in [0, 0.1) is 5.82 Å². The predicted molar refractivity (Wildman–Crippen MR) is 124 cm³/mol. The van der Waals surface area contributed by atoms with Gasteiger partial charge in [-0.3, -0.25) is 4.90 Å². The second-order valence-electron chi connectivity index (χ2n) is 8.64. The maximum absolute atomic E-state index is 13.2. The number of piperazine rings is 1. The first-order valence-electron chi connectivity index (χ1n) is 11.2. The average Bonchev–Trinajstić information content (AvgIpc) is 3.21. The lowest BCUT2D eigenvalue weighted by molar-refractivity contribution is 0.187. The zero-order chi connectivity index (χ0) is 22.1. The summed E-state index contributed by atoms with van der Waals surface area (Å²) in [4.78, 5) is 13.6. The third-order valence-corrected chi connectivity index (χ3v) is 6.62. The van der Waals surface area contributed by atoms with Gasteiger partial charge in [-0.1, -0.05) is 24.3 Å². The molecule has 5 rings (SSSR count). The van der Waals surface area contributed by atoms with Gasteiger partial charge in [-0.15, -0.1) is 0 Å². The van der Waals surface area contributed by atoms with E-state index in [1.54, 1.807) is 6.33 Å². The average molecular weight is 434 g/mol. The minimum absolute atomic E-state index is 0.199. The normalized spacial score (nSPS) is 19.6. The molecule has 0 spiro atoms. The summed E-state index contributed by atoms with van der Waals surface area (Å²) in [7, 11) is 0. The Kier molecular flexibility index (Phi) is 5.76. The van der Waals surface area contributed by atoms with Crippen molar-refractivity contribution in [1.29, 1.82) is 0 Å². The molecule has 0 amide bonds. The zero-order valence-corrected chi connectivity index (χ0v) is 18.2. The van der Waals surface area contributed by atoms with Gasteiger partial charge in [0.25, 0.3) is 0 Å². The Morgan fingerprint density at radius 3 is 2.59 bits per heavy atom. The first-order chi connectivity index (χ1) is 15.6. The van der Waals surface area contributed by atoms with Crippen LogP contribution in [0.2, 0.25) is 0 Å². The first-order valence-corrected chi connectivity index (χ1v) is 11.2. The Morgan fingerprint density at radius 1 is 1.03 bits per heavy atom. The van der Waals surface area contributed by atoms with Crippen LogP contribution in [0.4, 0.5) is 21.7 Å². The molecule has 3 aromatic rings. The van der Waals surface area contributed by atoms with Crippen LogP contribution in [0.3, 0.4) is 0 Å². The molecule has 2 aliphatic rings. The SMILES string of the molecule is C[C@H](c1ccc(F)cc1)N1CCN(c2cc(Nc3cccc4c3C[C@H](O)C4)ncn2)CC1. The summed E-state index contributed by atoms with van der Waals surface area (Å²) in [5.41, 5.74) is 4.50. The molecule has 7 heteroatoms. The van der Waals surface area contributed by atoms with E-state index in [9.17, 15) is 9.50 Å². The van der Waals surface area contributed by atoms with E-state index in [-0.39, 0.29) is 18.0 Å². The van der Waals surface area contributed by atoms with Crippen LogP contribution in [0.25, 0.3) is 0 Å². The lowest BCUT2D eigenvalue weighted by Gasteiger charge is -2.38. The predicted octanol–water partition coefficient (Wildman–Crippen LogP) is 3.70. The summed E-state index contributed by atoms with van der Waals surface area (Å²) in [6, 6.07) is 15.2. The molecule has 1 aliphatic carbocycles. The van der Waals surface area contributed by atoms with Crippen molar-refractivity contribution in [3.8, 4) is 0 Å². The lowest BCUT2D eigenvalue weighted by Crippen LogP contribution is -2.47. The van der Waals surface area contributed by atoms with Crippen LogP contribution in [0.1, 0.15) is 29.7 Å². The Hall–Kier alpha value is -3.03. The van der Waals surface area contributed by atoms with Crippen molar-refractivity contribution in [3.63, 3.8) is 0 Å². The highest BCUT2D eigenvalue weighted by Crippen LogP contribution is 2.31. The minimum atomic E-state index is -0.303. The number of aromatic nitrogens is 2. The standard InChI is InChI=1S/C25H28FN5O/c1-17(18-5-7-20(26)8-6-18)30-9-11-31(12-10-30)25-15-24(27-16-28-25)29-23-4-2-3-19-13-21(32)14-22(19)23/h2-8,15-17,21,32H,9-14H2,1H3,(H,27,28,29)/t17-,21-/m1/s1. The third kappa shape index (κ3) is 4.31. The van der Waals surface area contributed by atoms with Gasteiger partial charge in [0, 0.05) is 50.4 Å². The second kappa shape index (κ2) is 8.84. The molecule has 0 bridgehead atoms. The van der Waals surface area contributed by atoms with Crippen LogP contribution >= 0.6 is 0 Å². The van der Waals surface area contributed by atoms with Crippen molar-refractivity contribution >= 4 is 17.3 Å². The molecule has 1 saturated heterocycles. The molecule has 2 atom stereocenters. The molecule has 166 valence electrons. The number of rotatable bonds is 5. The maximum Gasteiger partial charge on any atom is 0.135 e. The molecule has 2 heterocycles. The van der Waals surface area contributed by atoms with Gasteiger partial charge in [0.1, 0.15) is 23.8 Å². The van der Waals surface area contributed by atoms with Gasteiger partial charge in [-0.25, -0.2) is 14.4 Å². The fraction of sp³-hybridized carbons (Fsp3) is 0.360. The summed E-state index contributed by atoms with van der Waals surface area (Å²) in [6.07, 6.45) is 2.68. The number of aliphatic hydroxyl groups is 1. The smallest absolute Gasteiger partial charge is 0.135 e. The highest BCUT2D eigenvalue weighted by molar-refractivity contribution is 5.65. The number of nitrogens with zero attached hydrogens (tertiary/aromatic N) is 4. The van der Waals surface area contributed by atoms with Crippen molar-refractivity contribution in [3.05, 3.63) is 77.4 Å². The zero-order valence-electron chi connectivity index (χ0n) is 18.2. The molecular formula is C25H28FN5O. The molecule has 0 unspecified atom stereocenters. The molecule has 1 fully saturated rings. The molecule has 32 heavy (non-hydrogen) atoms. The largest absolute Gasteiger partial charge is 0.392 e. The number of benzene rings is 2. The van der Waals surface area contributed by atoms with E-state index >= 15 is 0 Å². The first kappa shape index (κ1) is 20.8. The second-order valence-corrected chi connectivity index (χ2v) is 8.64. The van der Waals surface area contributed by atoms with Crippen molar-refractivity contribution < 1.29 is 9.50 Å². The molecule has 1 aromatic heterocycles. The van der Waals surface area contributed by atoms with E-state index in [2.05, 4.69) is 38.1 Å². The number of fused-ring (bicyclic) bond motifs is 1. The van der Waals surface area contributed by atoms with E-state index in [4.69, 9.17) is 0 Å². The number of halogens is 1. The van der Waals surface area contributed by atoms with Crippen LogP contribution < -0.4 is 10.2 Å². The third-order valence-electron chi connectivity index (χ3n) is 6.62. The Morgan fingerprint density at radius 2 is 1.81 bits per heavy atom. The van der Waals surface area contributed by atoms with Crippen LogP contribution in [0.15, 0.2) is 54.9 Å². The number of hydrogen-bond acceptors (Lipinski definition) is 6. The highest BCUT2D eigenvalue weighted by Gasteiger charge is 2.24. The van der Waals surface area contributed by atoms with Crippen molar-refractivity contribution in [1.82, 2.24) is 14.9 Å². The lowest BCUT2D eigenvalue weighted by atomic mass is 10.1. The molecule has 2 N–H and O–H groups in total. The van der Waals surface area contributed by atoms with Gasteiger partial charge in [0.15, 0.2) is 0 Å². The summed E-state index contributed by atoms with van der Waals surface area (Å²) in [6.45, 7) is 5.74. The molecule has 0 radical (unpaired) electrons. The maximum atomic E-state index is 13.2. The summed E-state index contributed by atoms with van der Waals surface area (Å²) >= 11 is 0. The fourth-order valence-electron chi connectivity index (χ4n) is 4.76. The summed E-state index contributed by atoms with van der Waals surface area (Å²) in [5, 5.41) is 13.4. The highest BCUT2D eigenvalue weighted by atomic mass is 19.1. The van der Waals surface area contributed by atoms with Crippen LogP contribution in [-0.4, -0.2) is 52.3 Å². The Balaban J connectivity index is 1.24. The molecule has 6 nitrogen and oxygen atoms in total. The van der Waals surface area contributed by atoms with Gasteiger partial charge in [-0.05, 0) is 48.2 Å². The number of anilines is 3. The van der Waals surface area contributed by atoms with Crippen molar-refractivity contribution in [2.24, 2.45) is 0 Å². The van der Waals surface area contributed by atoms with E-state index in [0.717, 1.165) is 49.1 Å². The van der Waals surface area contributed by atoms with E-state index in [0.29, 0.717) is 12.8 Å². The van der Waals surface area contributed by atoms with E-state index in [1.165, 1.54) is 23.3 Å².